The third kappa shape index (κ3) is 4.95. The highest BCUT2D eigenvalue weighted by Crippen LogP contribution is 2.28. The van der Waals surface area contributed by atoms with Crippen LogP contribution in [0.25, 0.3) is 10.8 Å². The topological polar surface area (TPSA) is 38.7 Å². The first kappa shape index (κ1) is 20.9. The Hall–Kier alpha value is -2.86. The summed E-state index contributed by atoms with van der Waals surface area (Å²) in [5.41, 5.74) is -0.0895. The number of rotatable bonds is 8. The minimum absolute atomic E-state index is 0.347. The highest BCUT2D eigenvalue weighted by atomic mass is 32.2. The maximum absolute atomic E-state index is 14.7. The standard InChI is InChI=1S/C23H21F2NO2S/c1-3-15-23(24,25)22(26-18-11-13-19(28-2)14-12-18)16-29(27)21-10-6-8-17-7-4-5-9-20(17)21/h3-14H,1,15-16H2,2H3/t29-/m0/s1. The smallest absolute Gasteiger partial charge is 0.290 e. The van der Waals surface area contributed by atoms with E-state index in [1.165, 1.54) is 7.11 Å². The third-order valence-electron chi connectivity index (χ3n) is 4.42. The van der Waals surface area contributed by atoms with Crippen molar-refractivity contribution in [1.82, 2.24) is 0 Å². The van der Waals surface area contributed by atoms with Gasteiger partial charge in [0, 0.05) is 11.3 Å². The van der Waals surface area contributed by atoms with Crippen molar-refractivity contribution in [2.75, 3.05) is 12.9 Å². The van der Waals surface area contributed by atoms with Crippen LogP contribution < -0.4 is 4.74 Å². The first-order valence-corrected chi connectivity index (χ1v) is 10.3. The molecule has 0 aliphatic carbocycles. The second-order valence-electron chi connectivity index (χ2n) is 6.42. The number of hydrogen-bond donors (Lipinski definition) is 0. The molecule has 3 rings (SSSR count). The number of allylic oxidation sites excluding steroid dienone is 1. The normalized spacial score (nSPS) is 13.3. The van der Waals surface area contributed by atoms with E-state index in [1.807, 2.05) is 30.3 Å². The van der Waals surface area contributed by atoms with Crippen molar-refractivity contribution in [1.29, 1.82) is 0 Å². The summed E-state index contributed by atoms with van der Waals surface area (Å²) < 4.78 is 47.6. The van der Waals surface area contributed by atoms with Crippen LogP contribution in [0, 0.1) is 0 Å². The van der Waals surface area contributed by atoms with E-state index >= 15 is 0 Å². The number of alkyl halides is 2. The second kappa shape index (κ2) is 9.09. The lowest BCUT2D eigenvalue weighted by atomic mass is 10.1. The highest BCUT2D eigenvalue weighted by molar-refractivity contribution is 7.86. The van der Waals surface area contributed by atoms with Crippen molar-refractivity contribution in [2.45, 2.75) is 17.2 Å². The summed E-state index contributed by atoms with van der Waals surface area (Å²) in [6.07, 6.45) is 0.569. The van der Waals surface area contributed by atoms with Crippen LogP contribution in [0.1, 0.15) is 6.42 Å². The zero-order valence-corrected chi connectivity index (χ0v) is 16.8. The molecule has 0 aliphatic heterocycles. The van der Waals surface area contributed by atoms with Gasteiger partial charge in [-0.1, -0.05) is 42.5 Å². The van der Waals surface area contributed by atoms with Crippen LogP contribution in [0.3, 0.4) is 0 Å². The average Bonchev–Trinajstić information content (AvgIpc) is 2.73. The Labute approximate surface area is 171 Å². The van der Waals surface area contributed by atoms with Crippen molar-refractivity contribution >= 4 is 33.0 Å². The van der Waals surface area contributed by atoms with Crippen molar-refractivity contribution in [3.63, 3.8) is 0 Å². The molecule has 0 fully saturated rings. The Balaban J connectivity index is 1.98. The second-order valence-corrected chi connectivity index (χ2v) is 7.84. The Morgan fingerprint density at radius 1 is 1.10 bits per heavy atom. The summed E-state index contributed by atoms with van der Waals surface area (Å²) in [6, 6.07) is 19.3. The quantitative estimate of drug-likeness (QED) is 0.339. The molecule has 0 saturated carbocycles. The fraction of sp³-hybridized carbons (Fsp3) is 0.174. The summed E-state index contributed by atoms with van der Waals surface area (Å²) in [5, 5.41) is 1.69. The maximum Gasteiger partial charge on any atom is 0.290 e. The summed E-state index contributed by atoms with van der Waals surface area (Å²) in [6.45, 7) is 3.41. The molecular formula is C23H21F2NO2S. The molecule has 0 amide bonds. The van der Waals surface area contributed by atoms with Gasteiger partial charge in [-0.25, -0.2) is 0 Å². The van der Waals surface area contributed by atoms with Crippen molar-refractivity contribution < 1.29 is 17.7 Å². The summed E-state index contributed by atoms with van der Waals surface area (Å²) in [7, 11) is -0.164. The number of nitrogens with zero attached hydrogens (tertiary/aromatic N) is 1. The zero-order valence-electron chi connectivity index (χ0n) is 16.0. The van der Waals surface area contributed by atoms with E-state index in [0.717, 1.165) is 16.8 Å². The first-order chi connectivity index (χ1) is 13.9. The van der Waals surface area contributed by atoms with Crippen LogP contribution in [-0.2, 0) is 10.8 Å². The van der Waals surface area contributed by atoms with Crippen LogP contribution >= 0.6 is 0 Å². The van der Waals surface area contributed by atoms with Crippen molar-refractivity contribution in [3.8, 4) is 5.75 Å². The lowest BCUT2D eigenvalue weighted by Gasteiger charge is -2.18. The van der Waals surface area contributed by atoms with Gasteiger partial charge in [-0.3, -0.25) is 9.20 Å². The molecule has 0 unspecified atom stereocenters. The van der Waals surface area contributed by atoms with Crippen LogP contribution in [0.4, 0.5) is 14.5 Å². The SMILES string of the molecule is C=CCC(F)(F)C(C[S@](=O)c1cccc2ccccc12)=Nc1ccc(OC)cc1. The Kier molecular flexibility index (Phi) is 6.54. The van der Waals surface area contributed by atoms with Gasteiger partial charge in [-0.05, 0) is 41.1 Å². The van der Waals surface area contributed by atoms with E-state index in [9.17, 15) is 13.0 Å². The monoisotopic (exact) mass is 413 g/mol. The molecule has 0 N–H and O–H groups in total. The van der Waals surface area contributed by atoms with Gasteiger partial charge in [-0.15, -0.1) is 6.58 Å². The summed E-state index contributed by atoms with van der Waals surface area (Å²) in [5.74, 6) is -3.02. The van der Waals surface area contributed by atoms with E-state index in [-0.39, 0.29) is 5.75 Å². The number of halogens is 2. The van der Waals surface area contributed by atoms with Gasteiger partial charge in [0.05, 0.1) is 29.3 Å². The summed E-state index contributed by atoms with van der Waals surface area (Å²) in [4.78, 5) is 4.65. The number of aliphatic imine (C=N–C) groups is 1. The number of methoxy groups -OCH3 is 1. The molecule has 6 heteroatoms. The molecular weight excluding hydrogens is 392 g/mol. The molecule has 0 heterocycles. The number of benzene rings is 3. The zero-order chi connectivity index (χ0) is 20.9. The Morgan fingerprint density at radius 3 is 2.48 bits per heavy atom. The molecule has 29 heavy (non-hydrogen) atoms. The molecule has 0 bridgehead atoms. The lowest BCUT2D eigenvalue weighted by molar-refractivity contribution is 0.0814. The van der Waals surface area contributed by atoms with Crippen LogP contribution in [-0.4, -0.2) is 28.7 Å². The van der Waals surface area contributed by atoms with Gasteiger partial charge in [0.1, 0.15) is 11.5 Å². The highest BCUT2D eigenvalue weighted by Gasteiger charge is 2.36. The van der Waals surface area contributed by atoms with E-state index < -0.39 is 28.9 Å². The van der Waals surface area contributed by atoms with E-state index in [0.29, 0.717) is 16.3 Å². The van der Waals surface area contributed by atoms with Gasteiger partial charge >= 0.3 is 0 Å². The Morgan fingerprint density at radius 2 is 1.79 bits per heavy atom. The molecule has 150 valence electrons. The first-order valence-electron chi connectivity index (χ1n) is 9.01. The molecule has 3 aromatic carbocycles. The molecule has 0 radical (unpaired) electrons. The van der Waals surface area contributed by atoms with Gasteiger partial charge in [0.25, 0.3) is 5.92 Å². The van der Waals surface area contributed by atoms with Crippen molar-refractivity contribution in [2.24, 2.45) is 4.99 Å². The maximum atomic E-state index is 14.7. The minimum Gasteiger partial charge on any atom is -0.497 e. The molecule has 3 nitrogen and oxygen atoms in total. The van der Waals surface area contributed by atoms with E-state index in [1.54, 1.807) is 36.4 Å². The van der Waals surface area contributed by atoms with E-state index in [4.69, 9.17) is 4.74 Å². The van der Waals surface area contributed by atoms with Gasteiger partial charge in [-0.2, -0.15) is 8.78 Å². The fourth-order valence-corrected chi connectivity index (χ4v) is 4.27. The molecule has 0 aliphatic rings. The van der Waals surface area contributed by atoms with Crippen LogP contribution in [0.15, 0.2) is 89.3 Å². The van der Waals surface area contributed by atoms with Crippen LogP contribution in [0.2, 0.25) is 0 Å². The number of ether oxygens (including phenoxy) is 1. The predicted octanol–water partition coefficient (Wildman–Crippen LogP) is 5.94. The van der Waals surface area contributed by atoms with Crippen LogP contribution in [0.5, 0.6) is 5.75 Å². The fourth-order valence-electron chi connectivity index (χ4n) is 2.93. The molecule has 0 saturated heterocycles. The minimum atomic E-state index is -3.25. The summed E-state index contributed by atoms with van der Waals surface area (Å²) >= 11 is 0. The third-order valence-corrected chi connectivity index (χ3v) is 5.80. The molecule has 0 aromatic heterocycles. The Bertz CT molecular complexity index is 1060. The van der Waals surface area contributed by atoms with Gasteiger partial charge in [0.2, 0.25) is 0 Å². The largest absolute Gasteiger partial charge is 0.497 e. The average molecular weight is 413 g/mol. The van der Waals surface area contributed by atoms with Gasteiger partial charge < -0.3 is 4.74 Å². The van der Waals surface area contributed by atoms with Crippen molar-refractivity contribution in [3.05, 3.63) is 79.4 Å². The number of fused-ring (bicyclic) bond motifs is 1. The van der Waals surface area contributed by atoms with E-state index in [2.05, 4.69) is 11.6 Å². The predicted molar refractivity (Wildman–Crippen MR) is 115 cm³/mol. The molecule has 3 aromatic rings. The molecule has 1 atom stereocenters. The number of hydrogen-bond acceptors (Lipinski definition) is 3. The lowest BCUT2D eigenvalue weighted by Crippen LogP contribution is -2.32. The molecule has 0 spiro atoms. The van der Waals surface area contributed by atoms with Gasteiger partial charge in [0.15, 0.2) is 0 Å².